The van der Waals surface area contributed by atoms with E-state index >= 15 is 0 Å². The van der Waals surface area contributed by atoms with Gasteiger partial charge in [-0.15, -0.1) is 20.6 Å². The lowest BCUT2D eigenvalue weighted by Crippen LogP contribution is -1.94. The van der Waals surface area contributed by atoms with Crippen molar-refractivity contribution in [3.05, 3.63) is 0 Å². The predicted molar refractivity (Wildman–Crippen MR) is 37.3 cm³/mol. The Morgan fingerprint density at radius 2 is 2.00 bits per heavy atom. The molecule has 0 heterocycles. The minimum Gasteiger partial charge on any atom is -0.394 e. The molecule has 0 aliphatic rings. The SMILES string of the molecule is O=[P+](OCCO)OCCCl. The van der Waals surface area contributed by atoms with E-state index < -0.39 is 8.25 Å². The van der Waals surface area contributed by atoms with Gasteiger partial charge in [0, 0.05) is 4.57 Å². The smallest absolute Gasteiger partial charge is 0.394 e. The van der Waals surface area contributed by atoms with Crippen molar-refractivity contribution in [3.63, 3.8) is 0 Å². The predicted octanol–water partition coefficient (Wildman–Crippen LogP) is 0.908. The molecule has 1 N–H and O–H groups in total. The highest BCUT2D eigenvalue weighted by molar-refractivity contribution is 7.33. The van der Waals surface area contributed by atoms with E-state index in [2.05, 4.69) is 9.05 Å². The Labute approximate surface area is 65.0 Å². The fraction of sp³-hybridized carbons (Fsp3) is 1.00. The number of alkyl halides is 1. The van der Waals surface area contributed by atoms with E-state index in [1.807, 2.05) is 0 Å². The molecule has 0 amide bonds. The Balaban J connectivity index is 3.09. The molecule has 1 atom stereocenters. The minimum absolute atomic E-state index is 0.0253. The molecular formula is C4H9ClO4P+. The van der Waals surface area contributed by atoms with Crippen molar-refractivity contribution in [1.29, 1.82) is 0 Å². The lowest BCUT2D eigenvalue weighted by atomic mass is 10.8. The molecule has 0 saturated heterocycles. The van der Waals surface area contributed by atoms with Crippen LogP contribution in [0.1, 0.15) is 0 Å². The zero-order valence-corrected chi connectivity index (χ0v) is 6.98. The summed E-state index contributed by atoms with van der Waals surface area (Å²) in [6, 6.07) is 0. The van der Waals surface area contributed by atoms with Crippen LogP contribution in [0.2, 0.25) is 0 Å². The Morgan fingerprint density at radius 3 is 2.50 bits per heavy atom. The van der Waals surface area contributed by atoms with Gasteiger partial charge in [-0.2, -0.15) is 0 Å². The van der Waals surface area contributed by atoms with Gasteiger partial charge in [-0.3, -0.25) is 0 Å². The van der Waals surface area contributed by atoms with Crippen molar-refractivity contribution in [3.8, 4) is 0 Å². The van der Waals surface area contributed by atoms with Crippen molar-refractivity contribution >= 4 is 19.9 Å². The molecule has 4 nitrogen and oxygen atoms in total. The summed E-state index contributed by atoms with van der Waals surface area (Å²) in [7, 11) is -2.09. The maximum absolute atomic E-state index is 10.5. The second kappa shape index (κ2) is 7.38. The van der Waals surface area contributed by atoms with Gasteiger partial charge in [0.2, 0.25) is 0 Å². The molecule has 6 heteroatoms. The third-order valence-corrected chi connectivity index (χ3v) is 1.50. The quantitative estimate of drug-likeness (QED) is 0.496. The minimum atomic E-state index is -2.09. The Kier molecular flexibility index (Phi) is 7.58. The van der Waals surface area contributed by atoms with Crippen LogP contribution in [-0.4, -0.2) is 30.8 Å². The topological polar surface area (TPSA) is 55.8 Å². The van der Waals surface area contributed by atoms with Gasteiger partial charge < -0.3 is 5.11 Å². The van der Waals surface area contributed by atoms with Crippen LogP contribution in [-0.2, 0) is 13.6 Å². The monoisotopic (exact) mass is 187 g/mol. The maximum atomic E-state index is 10.5. The van der Waals surface area contributed by atoms with E-state index in [-0.39, 0.29) is 25.7 Å². The summed E-state index contributed by atoms with van der Waals surface area (Å²) in [5.41, 5.74) is 0. The summed E-state index contributed by atoms with van der Waals surface area (Å²) in [5.74, 6) is 0.281. The van der Waals surface area contributed by atoms with E-state index in [4.69, 9.17) is 16.7 Å². The molecule has 0 fully saturated rings. The number of aliphatic hydroxyl groups excluding tert-OH is 1. The van der Waals surface area contributed by atoms with Gasteiger partial charge in [-0.25, -0.2) is 0 Å². The normalized spacial score (nSPS) is 11.6. The van der Waals surface area contributed by atoms with Crippen LogP contribution in [0, 0.1) is 0 Å². The van der Waals surface area contributed by atoms with Crippen LogP contribution in [0.5, 0.6) is 0 Å². The van der Waals surface area contributed by atoms with Gasteiger partial charge in [-0.05, 0) is 0 Å². The molecule has 0 radical (unpaired) electrons. The van der Waals surface area contributed by atoms with E-state index in [0.717, 1.165) is 0 Å². The largest absolute Gasteiger partial charge is 0.697 e. The van der Waals surface area contributed by atoms with Gasteiger partial charge in [0.25, 0.3) is 0 Å². The molecule has 0 aromatic heterocycles. The van der Waals surface area contributed by atoms with Crippen molar-refractivity contribution in [1.82, 2.24) is 0 Å². The van der Waals surface area contributed by atoms with Gasteiger partial charge in [-0.1, -0.05) is 0 Å². The number of aliphatic hydroxyl groups is 1. The molecule has 0 bridgehead atoms. The highest BCUT2D eigenvalue weighted by atomic mass is 35.5. The molecule has 60 valence electrons. The molecule has 10 heavy (non-hydrogen) atoms. The zero-order valence-electron chi connectivity index (χ0n) is 5.33. The Bertz CT molecular complexity index is 89.3. The number of hydrogen-bond donors (Lipinski definition) is 1. The second-order valence-electron chi connectivity index (χ2n) is 1.30. The van der Waals surface area contributed by atoms with Gasteiger partial charge in [0.15, 0.2) is 0 Å². The average molecular weight is 188 g/mol. The molecule has 0 rings (SSSR count). The molecule has 0 aliphatic heterocycles. The first kappa shape index (κ1) is 10.3. The van der Waals surface area contributed by atoms with Crippen molar-refractivity contribution in [2.24, 2.45) is 0 Å². The van der Waals surface area contributed by atoms with Gasteiger partial charge >= 0.3 is 8.25 Å². The Morgan fingerprint density at radius 1 is 1.40 bits per heavy atom. The van der Waals surface area contributed by atoms with E-state index in [0.29, 0.717) is 0 Å². The van der Waals surface area contributed by atoms with Gasteiger partial charge in [0.05, 0.1) is 12.5 Å². The summed E-state index contributed by atoms with van der Waals surface area (Å²) >= 11 is 5.22. The van der Waals surface area contributed by atoms with E-state index in [1.165, 1.54) is 0 Å². The summed E-state index contributed by atoms with van der Waals surface area (Å²) < 4.78 is 19.5. The first-order valence-electron chi connectivity index (χ1n) is 2.71. The summed E-state index contributed by atoms with van der Waals surface area (Å²) in [6.45, 7) is 0.0605. The highest BCUT2D eigenvalue weighted by Gasteiger charge is 2.18. The molecule has 0 aromatic carbocycles. The van der Waals surface area contributed by atoms with E-state index in [9.17, 15) is 4.57 Å². The van der Waals surface area contributed by atoms with Crippen LogP contribution in [0.15, 0.2) is 0 Å². The maximum Gasteiger partial charge on any atom is 0.697 e. The lowest BCUT2D eigenvalue weighted by molar-refractivity contribution is 0.178. The third-order valence-electron chi connectivity index (χ3n) is 0.562. The van der Waals surface area contributed by atoms with Crippen LogP contribution in [0.25, 0.3) is 0 Å². The standard InChI is InChI=1S/C4H9ClO4P/c5-1-3-8-10(7)9-4-2-6/h6H,1-4H2/q+1. The lowest BCUT2D eigenvalue weighted by Gasteiger charge is -1.84. The van der Waals surface area contributed by atoms with Crippen LogP contribution >= 0.6 is 19.9 Å². The van der Waals surface area contributed by atoms with Gasteiger partial charge in [0.1, 0.15) is 13.2 Å². The fourth-order valence-electron chi connectivity index (χ4n) is 0.262. The van der Waals surface area contributed by atoms with Crippen molar-refractivity contribution in [2.75, 3.05) is 25.7 Å². The summed E-state index contributed by atoms with van der Waals surface area (Å²) in [6.07, 6.45) is 0. The van der Waals surface area contributed by atoms with Crippen LogP contribution < -0.4 is 0 Å². The van der Waals surface area contributed by atoms with Crippen LogP contribution in [0.4, 0.5) is 0 Å². The van der Waals surface area contributed by atoms with Crippen molar-refractivity contribution in [2.45, 2.75) is 0 Å². The van der Waals surface area contributed by atoms with Crippen molar-refractivity contribution < 1.29 is 18.7 Å². The molecule has 0 spiro atoms. The average Bonchev–Trinajstić information content (AvgIpc) is 1.97. The summed E-state index contributed by atoms with van der Waals surface area (Å²) in [5, 5.41) is 8.21. The Hall–Kier alpha value is 0.270. The molecule has 0 aliphatic carbocycles. The van der Waals surface area contributed by atoms with Crippen LogP contribution in [0.3, 0.4) is 0 Å². The number of rotatable bonds is 6. The zero-order chi connectivity index (χ0) is 7.82. The van der Waals surface area contributed by atoms with E-state index in [1.54, 1.807) is 0 Å². The molecule has 0 aromatic rings. The summed E-state index contributed by atoms with van der Waals surface area (Å²) in [4.78, 5) is 0. The first-order valence-corrected chi connectivity index (χ1v) is 4.34. The number of halogens is 1. The molecule has 1 unspecified atom stereocenters. The first-order chi connectivity index (χ1) is 4.81. The highest BCUT2D eigenvalue weighted by Crippen LogP contribution is 2.22. The fourth-order valence-corrected chi connectivity index (χ4v) is 0.992. The number of hydrogen-bond acceptors (Lipinski definition) is 4. The second-order valence-corrected chi connectivity index (χ2v) is 2.64. The third kappa shape index (κ3) is 6.39. The molecule has 0 saturated carbocycles. The molecular weight excluding hydrogens is 178 g/mol.